The van der Waals surface area contributed by atoms with Crippen molar-refractivity contribution in [3.8, 4) is 11.5 Å². The number of benzene rings is 3. The zero-order chi connectivity index (χ0) is 25.0. The first kappa shape index (κ1) is 25.2. The lowest BCUT2D eigenvalue weighted by Crippen LogP contribution is -2.34. The minimum absolute atomic E-state index is 0.237. The van der Waals surface area contributed by atoms with Crippen molar-refractivity contribution in [1.29, 1.82) is 0 Å². The van der Waals surface area contributed by atoms with E-state index in [2.05, 4.69) is 15.8 Å². The second-order valence-electron chi connectivity index (χ2n) is 7.06. The molecule has 2 amide bonds. The number of amides is 2. The van der Waals surface area contributed by atoms with Gasteiger partial charge in [0.25, 0.3) is 11.8 Å². The molecule has 0 saturated carbocycles. The number of ether oxygens (including phenoxy) is 2. The van der Waals surface area contributed by atoms with Crippen molar-refractivity contribution in [2.75, 3.05) is 13.7 Å². The van der Waals surface area contributed by atoms with Crippen LogP contribution >= 0.6 is 11.6 Å². The van der Waals surface area contributed by atoms with Crippen LogP contribution < -0.4 is 20.2 Å². The lowest BCUT2D eigenvalue weighted by Gasteiger charge is -2.08. The third kappa shape index (κ3) is 8.13. The number of esters is 1. The molecular weight excluding hydrogens is 470 g/mol. The molecule has 0 heterocycles. The van der Waals surface area contributed by atoms with Crippen molar-refractivity contribution in [3.63, 3.8) is 0 Å². The number of nitrogens with zero attached hydrogens (tertiary/aromatic N) is 1. The molecule has 0 unspecified atom stereocenters. The van der Waals surface area contributed by atoms with E-state index in [1.54, 1.807) is 48.5 Å². The smallest absolute Gasteiger partial charge is 0.336 e. The van der Waals surface area contributed by atoms with E-state index in [0.29, 0.717) is 21.9 Å². The van der Waals surface area contributed by atoms with Crippen molar-refractivity contribution in [1.82, 2.24) is 10.7 Å². The number of rotatable bonds is 9. The Balaban J connectivity index is 1.50. The van der Waals surface area contributed by atoms with E-state index < -0.39 is 17.8 Å². The summed E-state index contributed by atoms with van der Waals surface area (Å²) in [5.74, 6) is -0.916. The summed E-state index contributed by atoms with van der Waals surface area (Å²) in [7, 11) is 1.44. The van der Waals surface area contributed by atoms with Crippen molar-refractivity contribution in [3.05, 3.63) is 101 Å². The van der Waals surface area contributed by atoms with Crippen LogP contribution in [-0.2, 0) is 9.59 Å². The van der Waals surface area contributed by atoms with E-state index in [1.165, 1.54) is 19.4 Å². The topological polar surface area (TPSA) is 106 Å². The Morgan fingerprint density at radius 1 is 0.943 bits per heavy atom. The van der Waals surface area contributed by atoms with Crippen molar-refractivity contribution in [2.45, 2.75) is 0 Å². The molecule has 0 aliphatic carbocycles. The summed E-state index contributed by atoms with van der Waals surface area (Å²) in [4.78, 5) is 36.1. The van der Waals surface area contributed by atoms with Crippen LogP contribution in [0.25, 0.3) is 6.08 Å². The van der Waals surface area contributed by atoms with Gasteiger partial charge in [-0.1, -0.05) is 41.9 Å². The number of hydrogen-bond donors (Lipinski definition) is 2. The van der Waals surface area contributed by atoms with E-state index >= 15 is 0 Å². The van der Waals surface area contributed by atoms with Gasteiger partial charge in [-0.3, -0.25) is 9.59 Å². The molecule has 0 spiro atoms. The molecule has 35 heavy (non-hydrogen) atoms. The summed E-state index contributed by atoms with van der Waals surface area (Å²) < 4.78 is 10.6. The van der Waals surface area contributed by atoms with E-state index in [4.69, 9.17) is 21.1 Å². The zero-order valence-corrected chi connectivity index (χ0v) is 19.5. The molecule has 0 fully saturated rings. The summed E-state index contributed by atoms with van der Waals surface area (Å²) >= 11 is 5.79. The Kier molecular flexibility index (Phi) is 9.15. The van der Waals surface area contributed by atoms with Crippen LogP contribution in [0.15, 0.2) is 84.0 Å². The summed E-state index contributed by atoms with van der Waals surface area (Å²) in [6.07, 6.45) is 4.37. The Hall–Kier alpha value is -4.43. The molecular formula is C26H22ClN3O5. The van der Waals surface area contributed by atoms with Gasteiger partial charge in [0.05, 0.1) is 19.9 Å². The third-order valence-corrected chi connectivity index (χ3v) is 4.78. The SMILES string of the molecule is COc1cc(/C=N\NC(=O)CNC(=O)c2ccc(Cl)cc2)ccc1OC(=O)/C=C/c1ccccc1. The molecule has 0 aliphatic heterocycles. The van der Waals surface area contributed by atoms with Crippen LogP contribution in [-0.4, -0.2) is 37.7 Å². The van der Waals surface area contributed by atoms with Gasteiger partial charge in [-0.25, -0.2) is 10.2 Å². The minimum atomic E-state index is -0.554. The number of halogens is 1. The zero-order valence-electron chi connectivity index (χ0n) is 18.7. The largest absolute Gasteiger partial charge is 0.493 e. The van der Waals surface area contributed by atoms with E-state index in [-0.39, 0.29) is 12.3 Å². The predicted octanol–water partition coefficient (Wildman–Crippen LogP) is 3.85. The molecule has 2 N–H and O–H groups in total. The van der Waals surface area contributed by atoms with Crippen molar-refractivity contribution >= 4 is 41.7 Å². The van der Waals surface area contributed by atoms with Crippen molar-refractivity contribution in [2.24, 2.45) is 5.10 Å². The number of carbonyl (C=O) groups is 3. The average Bonchev–Trinajstić information content (AvgIpc) is 2.88. The highest BCUT2D eigenvalue weighted by atomic mass is 35.5. The number of hydrogen-bond acceptors (Lipinski definition) is 6. The summed E-state index contributed by atoms with van der Waals surface area (Å²) in [5.41, 5.74) is 4.17. The number of carbonyl (C=O) groups excluding carboxylic acids is 3. The summed E-state index contributed by atoms with van der Waals surface area (Å²) in [5, 5.41) is 6.87. The van der Waals surface area contributed by atoms with Crippen LogP contribution in [0.5, 0.6) is 11.5 Å². The number of hydrazone groups is 1. The van der Waals surface area contributed by atoms with E-state index in [1.807, 2.05) is 30.3 Å². The lowest BCUT2D eigenvalue weighted by atomic mass is 10.2. The molecule has 0 atom stereocenters. The summed E-state index contributed by atoms with van der Waals surface area (Å²) in [6.45, 7) is -0.256. The molecule has 9 heteroatoms. The first-order valence-corrected chi connectivity index (χ1v) is 10.8. The molecule has 3 aromatic rings. The van der Waals surface area contributed by atoms with Gasteiger partial charge in [0.1, 0.15) is 0 Å². The second-order valence-corrected chi connectivity index (χ2v) is 7.49. The van der Waals surface area contributed by atoms with Crippen molar-refractivity contribution < 1.29 is 23.9 Å². The highest BCUT2D eigenvalue weighted by Gasteiger charge is 2.10. The first-order chi connectivity index (χ1) is 16.9. The monoisotopic (exact) mass is 491 g/mol. The maximum atomic E-state index is 12.1. The third-order valence-electron chi connectivity index (χ3n) is 4.53. The maximum Gasteiger partial charge on any atom is 0.336 e. The van der Waals surface area contributed by atoms with Gasteiger partial charge in [0, 0.05) is 16.7 Å². The molecule has 178 valence electrons. The molecule has 0 saturated heterocycles. The quantitative estimate of drug-likeness (QED) is 0.155. The fourth-order valence-corrected chi connectivity index (χ4v) is 2.93. The molecule has 8 nitrogen and oxygen atoms in total. The predicted molar refractivity (Wildman–Crippen MR) is 134 cm³/mol. The molecule has 0 bridgehead atoms. The van der Waals surface area contributed by atoms with E-state index in [9.17, 15) is 14.4 Å². The molecule has 3 aromatic carbocycles. The molecule has 0 aromatic heterocycles. The van der Waals surface area contributed by atoms with Gasteiger partial charge in [0.2, 0.25) is 0 Å². The Morgan fingerprint density at radius 3 is 2.40 bits per heavy atom. The molecule has 0 aliphatic rings. The van der Waals surface area contributed by atoms with Crippen LogP contribution in [0.4, 0.5) is 0 Å². The van der Waals surface area contributed by atoms with E-state index in [0.717, 1.165) is 5.56 Å². The van der Waals surface area contributed by atoms with Gasteiger partial charge < -0.3 is 14.8 Å². The van der Waals surface area contributed by atoms with Crippen LogP contribution in [0, 0.1) is 0 Å². The van der Waals surface area contributed by atoms with Crippen LogP contribution in [0.2, 0.25) is 5.02 Å². The van der Waals surface area contributed by atoms with Crippen LogP contribution in [0.1, 0.15) is 21.5 Å². The average molecular weight is 492 g/mol. The lowest BCUT2D eigenvalue weighted by molar-refractivity contribution is -0.129. The second kappa shape index (κ2) is 12.7. The van der Waals surface area contributed by atoms with Gasteiger partial charge >= 0.3 is 5.97 Å². The van der Waals surface area contributed by atoms with Gasteiger partial charge in [-0.15, -0.1) is 0 Å². The highest BCUT2D eigenvalue weighted by molar-refractivity contribution is 6.30. The highest BCUT2D eigenvalue weighted by Crippen LogP contribution is 2.27. The van der Waals surface area contributed by atoms with Gasteiger partial charge in [-0.05, 0) is 59.7 Å². The molecule has 3 rings (SSSR count). The van der Waals surface area contributed by atoms with Gasteiger partial charge in [0.15, 0.2) is 11.5 Å². The fourth-order valence-electron chi connectivity index (χ4n) is 2.80. The Bertz CT molecular complexity index is 1240. The Morgan fingerprint density at radius 2 is 1.69 bits per heavy atom. The van der Waals surface area contributed by atoms with Gasteiger partial charge in [-0.2, -0.15) is 5.10 Å². The fraction of sp³-hybridized carbons (Fsp3) is 0.0769. The number of methoxy groups -OCH3 is 1. The maximum absolute atomic E-state index is 12.1. The minimum Gasteiger partial charge on any atom is -0.493 e. The summed E-state index contributed by atoms with van der Waals surface area (Å²) in [6, 6.07) is 20.4. The molecule has 0 radical (unpaired) electrons. The normalized spacial score (nSPS) is 10.8. The Labute approximate surface area is 207 Å². The number of nitrogens with one attached hydrogen (secondary N) is 2. The standard InChI is InChI=1S/C26H22ClN3O5/c1-34-23-15-19(7-13-22(23)35-25(32)14-8-18-5-3-2-4-6-18)16-29-30-24(31)17-28-26(33)20-9-11-21(27)12-10-20/h2-16H,17H2,1H3,(H,28,33)(H,30,31)/b14-8+,29-16-. The van der Waals surface area contributed by atoms with Crippen LogP contribution in [0.3, 0.4) is 0 Å². The first-order valence-electron chi connectivity index (χ1n) is 10.4.